The number of ether oxygens (including phenoxy) is 1. The van der Waals surface area contributed by atoms with Gasteiger partial charge in [0.2, 0.25) is 0 Å². The van der Waals surface area contributed by atoms with Gasteiger partial charge < -0.3 is 4.74 Å². The Kier molecular flexibility index (Phi) is 2.18. The van der Waals surface area contributed by atoms with Crippen LogP contribution < -0.4 is 0 Å². The average molecular weight is 154 g/mol. The first-order valence-corrected chi connectivity index (χ1v) is 3.22. The van der Waals surface area contributed by atoms with E-state index >= 15 is 0 Å². The van der Waals surface area contributed by atoms with Crippen LogP contribution in [0.2, 0.25) is 0 Å². The molecule has 0 amide bonds. The van der Waals surface area contributed by atoms with Gasteiger partial charge >= 0.3 is 6.18 Å². The van der Waals surface area contributed by atoms with Crippen molar-refractivity contribution in [1.82, 2.24) is 0 Å². The first-order valence-electron chi connectivity index (χ1n) is 3.22. The molecule has 60 valence electrons. The minimum Gasteiger partial charge on any atom is -0.381 e. The Morgan fingerprint density at radius 3 is 2.50 bits per heavy atom. The Hall–Kier alpha value is -0.250. The SMILES string of the molecule is FC(F)(F)CC1CCOC1. The normalized spacial score (nSPS) is 27.3. The lowest BCUT2D eigenvalue weighted by molar-refractivity contribution is -0.144. The van der Waals surface area contributed by atoms with Crippen LogP contribution in [0, 0.1) is 5.92 Å². The first kappa shape index (κ1) is 7.85. The van der Waals surface area contributed by atoms with Crippen LogP contribution in [0.15, 0.2) is 0 Å². The van der Waals surface area contributed by atoms with Crippen molar-refractivity contribution in [1.29, 1.82) is 0 Å². The molecule has 1 atom stereocenters. The molecule has 10 heavy (non-hydrogen) atoms. The highest BCUT2D eigenvalue weighted by atomic mass is 19.4. The van der Waals surface area contributed by atoms with Crippen LogP contribution in [0.1, 0.15) is 12.8 Å². The maximum absolute atomic E-state index is 11.7. The molecule has 0 aromatic carbocycles. The fourth-order valence-corrected chi connectivity index (χ4v) is 1.07. The van der Waals surface area contributed by atoms with Crippen LogP contribution in [0.4, 0.5) is 13.2 Å². The van der Waals surface area contributed by atoms with Crippen LogP contribution in [-0.4, -0.2) is 19.4 Å². The first-order chi connectivity index (χ1) is 4.58. The molecule has 0 N–H and O–H groups in total. The Bertz CT molecular complexity index is 104. The smallest absolute Gasteiger partial charge is 0.381 e. The van der Waals surface area contributed by atoms with E-state index in [0.717, 1.165) is 0 Å². The number of alkyl halides is 3. The molecule has 0 radical (unpaired) electrons. The van der Waals surface area contributed by atoms with Crippen molar-refractivity contribution >= 4 is 0 Å². The van der Waals surface area contributed by atoms with Gasteiger partial charge in [-0.05, 0) is 12.3 Å². The topological polar surface area (TPSA) is 9.23 Å². The molecular formula is C6H9F3O. The van der Waals surface area contributed by atoms with Gasteiger partial charge in [0.15, 0.2) is 0 Å². The fourth-order valence-electron chi connectivity index (χ4n) is 1.07. The molecule has 1 aliphatic heterocycles. The van der Waals surface area contributed by atoms with Crippen molar-refractivity contribution in [2.75, 3.05) is 13.2 Å². The van der Waals surface area contributed by atoms with Crippen molar-refractivity contribution in [2.24, 2.45) is 5.92 Å². The molecule has 0 saturated carbocycles. The van der Waals surface area contributed by atoms with E-state index in [2.05, 4.69) is 0 Å². The molecule has 0 aromatic heterocycles. The molecule has 1 heterocycles. The second-order valence-corrected chi connectivity index (χ2v) is 2.55. The largest absolute Gasteiger partial charge is 0.389 e. The Labute approximate surface area is 57.2 Å². The van der Waals surface area contributed by atoms with Gasteiger partial charge in [-0.3, -0.25) is 0 Å². The molecule has 1 aliphatic rings. The van der Waals surface area contributed by atoms with Crippen LogP contribution in [-0.2, 0) is 4.74 Å². The molecule has 1 fully saturated rings. The fraction of sp³-hybridized carbons (Fsp3) is 1.00. The molecule has 1 rings (SSSR count). The van der Waals surface area contributed by atoms with Gasteiger partial charge in [-0.15, -0.1) is 0 Å². The average Bonchev–Trinajstić information content (AvgIpc) is 2.12. The molecule has 4 heteroatoms. The Morgan fingerprint density at radius 1 is 1.40 bits per heavy atom. The van der Waals surface area contributed by atoms with Gasteiger partial charge in [0.1, 0.15) is 0 Å². The number of hydrogen-bond donors (Lipinski definition) is 0. The van der Waals surface area contributed by atoms with Gasteiger partial charge in [0.25, 0.3) is 0 Å². The van der Waals surface area contributed by atoms with E-state index in [4.69, 9.17) is 4.74 Å². The van der Waals surface area contributed by atoms with Crippen molar-refractivity contribution in [3.05, 3.63) is 0 Å². The summed E-state index contributed by atoms with van der Waals surface area (Å²) in [5, 5.41) is 0. The second-order valence-electron chi connectivity index (χ2n) is 2.55. The molecule has 1 unspecified atom stereocenters. The lowest BCUT2D eigenvalue weighted by atomic mass is 10.1. The summed E-state index contributed by atoms with van der Waals surface area (Å²) in [5.41, 5.74) is 0. The van der Waals surface area contributed by atoms with Crippen molar-refractivity contribution < 1.29 is 17.9 Å². The minimum atomic E-state index is -4.02. The monoisotopic (exact) mass is 154 g/mol. The van der Waals surface area contributed by atoms with Gasteiger partial charge in [0.05, 0.1) is 0 Å². The van der Waals surface area contributed by atoms with Gasteiger partial charge in [-0.1, -0.05) is 0 Å². The predicted octanol–water partition coefficient (Wildman–Crippen LogP) is 1.98. The van der Waals surface area contributed by atoms with E-state index in [1.54, 1.807) is 0 Å². The van der Waals surface area contributed by atoms with Crippen molar-refractivity contribution in [3.8, 4) is 0 Å². The van der Waals surface area contributed by atoms with E-state index in [-0.39, 0.29) is 12.5 Å². The number of halogens is 3. The summed E-state index contributed by atoms with van der Waals surface area (Å²) in [6.45, 7) is 0.764. The highest BCUT2D eigenvalue weighted by Crippen LogP contribution is 2.28. The summed E-state index contributed by atoms with van der Waals surface area (Å²) in [6, 6.07) is 0. The third kappa shape index (κ3) is 2.56. The third-order valence-electron chi connectivity index (χ3n) is 1.54. The van der Waals surface area contributed by atoms with E-state index in [1.165, 1.54) is 0 Å². The predicted molar refractivity (Wildman–Crippen MR) is 29.6 cm³/mol. The molecule has 1 saturated heterocycles. The van der Waals surface area contributed by atoms with E-state index < -0.39 is 12.6 Å². The van der Waals surface area contributed by atoms with E-state index in [9.17, 15) is 13.2 Å². The van der Waals surface area contributed by atoms with E-state index in [0.29, 0.717) is 13.0 Å². The zero-order chi connectivity index (χ0) is 7.61. The van der Waals surface area contributed by atoms with Gasteiger partial charge in [0, 0.05) is 19.6 Å². The quantitative estimate of drug-likeness (QED) is 0.561. The molecule has 0 bridgehead atoms. The van der Waals surface area contributed by atoms with Crippen molar-refractivity contribution in [2.45, 2.75) is 19.0 Å². The standard InChI is InChI=1S/C6H9F3O/c7-6(8,9)3-5-1-2-10-4-5/h5H,1-4H2. The van der Waals surface area contributed by atoms with Crippen LogP contribution in [0.3, 0.4) is 0 Å². The second kappa shape index (κ2) is 2.78. The summed E-state index contributed by atoms with van der Waals surface area (Å²) in [6.07, 6.45) is -4.15. The van der Waals surface area contributed by atoms with Crippen LogP contribution in [0.5, 0.6) is 0 Å². The number of hydrogen-bond acceptors (Lipinski definition) is 1. The highest BCUT2D eigenvalue weighted by Gasteiger charge is 2.33. The summed E-state index contributed by atoms with van der Waals surface area (Å²) < 4.78 is 39.8. The summed E-state index contributed by atoms with van der Waals surface area (Å²) in [7, 11) is 0. The van der Waals surface area contributed by atoms with Gasteiger partial charge in [-0.25, -0.2) is 0 Å². The molecular weight excluding hydrogens is 145 g/mol. The molecule has 1 nitrogen and oxygen atoms in total. The maximum atomic E-state index is 11.7. The summed E-state index contributed by atoms with van der Waals surface area (Å²) in [5.74, 6) is -0.292. The molecule has 0 spiro atoms. The van der Waals surface area contributed by atoms with Crippen molar-refractivity contribution in [3.63, 3.8) is 0 Å². The van der Waals surface area contributed by atoms with Crippen LogP contribution in [0.25, 0.3) is 0 Å². The lowest BCUT2D eigenvalue weighted by Gasteiger charge is -2.09. The zero-order valence-electron chi connectivity index (χ0n) is 5.45. The third-order valence-corrected chi connectivity index (χ3v) is 1.54. The van der Waals surface area contributed by atoms with Crippen LogP contribution >= 0.6 is 0 Å². The van der Waals surface area contributed by atoms with Gasteiger partial charge in [-0.2, -0.15) is 13.2 Å². The highest BCUT2D eigenvalue weighted by molar-refractivity contribution is 4.67. The zero-order valence-corrected chi connectivity index (χ0v) is 5.45. The summed E-state index contributed by atoms with van der Waals surface area (Å²) in [4.78, 5) is 0. The Morgan fingerprint density at radius 2 is 2.10 bits per heavy atom. The maximum Gasteiger partial charge on any atom is 0.389 e. The minimum absolute atomic E-state index is 0.277. The van der Waals surface area contributed by atoms with E-state index in [1.807, 2.05) is 0 Å². The Balaban J connectivity index is 2.24. The lowest BCUT2D eigenvalue weighted by Crippen LogP contribution is -2.14. The molecule has 0 aromatic rings. The molecule has 0 aliphatic carbocycles. The number of rotatable bonds is 1. The summed E-state index contributed by atoms with van der Waals surface area (Å²) >= 11 is 0.